The van der Waals surface area contributed by atoms with E-state index in [4.69, 9.17) is 19.9 Å². The van der Waals surface area contributed by atoms with Crippen molar-refractivity contribution < 1.29 is 14.2 Å². The predicted octanol–water partition coefficient (Wildman–Crippen LogP) is 2.52. The average Bonchev–Trinajstić information content (AvgIpc) is 2.42. The number of nitrogens with two attached hydrogens (primary N) is 1. The van der Waals surface area contributed by atoms with Gasteiger partial charge in [0.1, 0.15) is 0 Å². The maximum absolute atomic E-state index is 6.12. The van der Waals surface area contributed by atoms with Gasteiger partial charge < -0.3 is 19.9 Å². The minimum Gasteiger partial charge on any atom is -0.493 e. The lowest BCUT2D eigenvalue weighted by atomic mass is 10.0. The average molecular weight is 253 g/mol. The molecule has 102 valence electrons. The van der Waals surface area contributed by atoms with Crippen LogP contribution in [0, 0.1) is 0 Å². The summed E-state index contributed by atoms with van der Waals surface area (Å²) in [7, 11) is 3.24. The van der Waals surface area contributed by atoms with Gasteiger partial charge in [0.15, 0.2) is 11.5 Å². The van der Waals surface area contributed by atoms with Crippen molar-refractivity contribution in [1.82, 2.24) is 0 Å². The third kappa shape index (κ3) is 4.20. The maximum atomic E-state index is 6.12. The molecule has 0 fully saturated rings. The summed E-state index contributed by atoms with van der Waals surface area (Å²) in [5, 5.41) is 0. The molecule has 1 aromatic rings. The van der Waals surface area contributed by atoms with Crippen LogP contribution in [0.1, 0.15) is 31.4 Å². The summed E-state index contributed by atoms with van der Waals surface area (Å²) in [6.07, 6.45) is 1.83. The quantitative estimate of drug-likeness (QED) is 0.723. The van der Waals surface area contributed by atoms with Gasteiger partial charge in [0.25, 0.3) is 0 Å². The number of ether oxygens (including phenoxy) is 3. The van der Waals surface area contributed by atoms with Crippen LogP contribution in [-0.4, -0.2) is 27.4 Å². The van der Waals surface area contributed by atoms with Gasteiger partial charge >= 0.3 is 0 Å². The van der Waals surface area contributed by atoms with Gasteiger partial charge in [0.2, 0.25) is 0 Å². The van der Waals surface area contributed by atoms with Crippen molar-refractivity contribution in [3.63, 3.8) is 0 Å². The zero-order valence-electron chi connectivity index (χ0n) is 11.4. The molecule has 0 aliphatic heterocycles. The molecule has 0 aliphatic rings. The van der Waals surface area contributed by atoms with Crippen molar-refractivity contribution in [1.29, 1.82) is 0 Å². The highest BCUT2D eigenvalue weighted by Crippen LogP contribution is 2.30. The van der Waals surface area contributed by atoms with Crippen LogP contribution in [0.2, 0.25) is 0 Å². The lowest BCUT2D eigenvalue weighted by molar-refractivity contribution is 0.128. The molecule has 4 heteroatoms. The van der Waals surface area contributed by atoms with Crippen LogP contribution in [0.25, 0.3) is 0 Å². The minimum absolute atomic E-state index is 0.0401. The lowest BCUT2D eigenvalue weighted by Crippen LogP contribution is -2.13. The Labute approximate surface area is 109 Å². The van der Waals surface area contributed by atoms with E-state index in [1.54, 1.807) is 14.2 Å². The fourth-order valence-corrected chi connectivity index (χ4v) is 1.71. The largest absolute Gasteiger partial charge is 0.493 e. The Morgan fingerprint density at radius 2 is 1.83 bits per heavy atom. The van der Waals surface area contributed by atoms with Gasteiger partial charge in [-0.05, 0) is 30.5 Å². The highest BCUT2D eigenvalue weighted by Gasteiger charge is 2.10. The number of hydrogen-bond donors (Lipinski definition) is 1. The Balaban J connectivity index is 2.59. The van der Waals surface area contributed by atoms with Crippen molar-refractivity contribution in [3.8, 4) is 11.5 Å². The van der Waals surface area contributed by atoms with Crippen LogP contribution in [0.3, 0.4) is 0 Å². The van der Waals surface area contributed by atoms with Crippen molar-refractivity contribution in [2.24, 2.45) is 5.73 Å². The van der Waals surface area contributed by atoms with E-state index in [9.17, 15) is 0 Å². The summed E-state index contributed by atoms with van der Waals surface area (Å²) in [6, 6.07) is 5.72. The summed E-state index contributed by atoms with van der Waals surface area (Å²) in [6.45, 7) is 3.57. The van der Waals surface area contributed by atoms with E-state index in [1.165, 1.54) is 0 Å². The summed E-state index contributed by atoms with van der Waals surface area (Å²) in [5.41, 5.74) is 7.15. The smallest absolute Gasteiger partial charge is 0.161 e. The second kappa shape index (κ2) is 7.95. The van der Waals surface area contributed by atoms with Crippen LogP contribution < -0.4 is 15.2 Å². The fraction of sp³-hybridized carbons (Fsp3) is 0.571. The molecule has 0 saturated carbocycles. The van der Waals surface area contributed by atoms with Crippen LogP contribution >= 0.6 is 0 Å². The second-order valence-electron chi connectivity index (χ2n) is 4.12. The summed E-state index contributed by atoms with van der Waals surface area (Å²) in [5.74, 6) is 1.43. The van der Waals surface area contributed by atoms with Crippen molar-refractivity contribution >= 4 is 0 Å². The minimum atomic E-state index is -0.0401. The van der Waals surface area contributed by atoms with E-state index in [0.717, 1.165) is 30.8 Å². The first-order chi connectivity index (χ1) is 8.72. The van der Waals surface area contributed by atoms with Crippen LogP contribution in [0.4, 0.5) is 0 Å². The molecule has 2 N–H and O–H groups in total. The molecule has 0 spiro atoms. The van der Waals surface area contributed by atoms with Crippen LogP contribution in [-0.2, 0) is 4.74 Å². The highest BCUT2D eigenvalue weighted by atomic mass is 16.5. The molecule has 1 aromatic carbocycles. The molecular weight excluding hydrogens is 230 g/mol. The Morgan fingerprint density at radius 1 is 1.11 bits per heavy atom. The Bertz CT molecular complexity index is 355. The normalized spacial score (nSPS) is 12.2. The second-order valence-corrected chi connectivity index (χ2v) is 4.12. The molecular formula is C14H23NO3. The molecule has 0 bridgehead atoms. The van der Waals surface area contributed by atoms with Crippen molar-refractivity contribution in [3.05, 3.63) is 23.8 Å². The Hall–Kier alpha value is -1.26. The molecule has 1 rings (SSSR count). The van der Waals surface area contributed by atoms with Crippen LogP contribution in [0.5, 0.6) is 11.5 Å². The molecule has 1 atom stereocenters. The standard InChI is InChI=1S/C14H23NO3/c1-4-8-18-9-7-12(15)11-5-6-13(16-2)14(10-11)17-3/h5-6,10,12H,4,7-9,15H2,1-3H3. The Morgan fingerprint density at radius 3 is 2.44 bits per heavy atom. The molecule has 0 aliphatic carbocycles. The highest BCUT2D eigenvalue weighted by molar-refractivity contribution is 5.43. The third-order valence-electron chi connectivity index (χ3n) is 2.76. The molecule has 0 radical (unpaired) electrons. The first kappa shape index (κ1) is 14.8. The molecule has 4 nitrogen and oxygen atoms in total. The predicted molar refractivity (Wildman–Crippen MR) is 72.2 cm³/mol. The molecule has 0 amide bonds. The van der Waals surface area contributed by atoms with Gasteiger partial charge in [0.05, 0.1) is 14.2 Å². The van der Waals surface area contributed by atoms with E-state index in [2.05, 4.69) is 6.92 Å². The maximum Gasteiger partial charge on any atom is 0.161 e. The van der Waals surface area contributed by atoms with Crippen molar-refractivity contribution in [2.75, 3.05) is 27.4 Å². The van der Waals surface area contributed by atoms with Gasteiger partial charge in [-0.3, -0.25) is 0 Å². The van der Waals surface area contributed by atoms with Gasteiger partial charge in [-0.1, -0.05) is 13.0 Å². The van der Waals surface area contributed by atoms with E-state index in [0.29, 0.717) is 12.4 Å². The summed E-state index contributed by atoms with van der Waals surface area (Å²) >= 11 is 0. The van der Waals surface area contributed by atoms with Crippen molar-refractivity contribution in [2.45, 2.75) is 25.8 Å². The SMILES string of the molecule is CCCOCCC(N)c1ccc(OC)c(OC)c1. The molecule has 1 unspecified atom stereocenters. The topological polar surface area (TPSA) is 53.7 Å². The number of methoxy groups -OCH3 is 2. The number of benzene rings is 1. The Kier molecular flexibility index (Phi) is 6.54. The molecule has 18 heavy (non-hydrogen) atoms. The fourth-order valence-electron chi connectivity index (χ4n) is 1.71. The number of hydrogen-bond acceptors (Lipinski definition) is 4. The summed E-state index contributed by atoms with van der Waals surface area (Å²) < 4.78 is 15.9. The molecule has 0 saturated heterocycles. The van der Waals surface area contributed by atoms with E-state index in [1.807, 2.05) is 18.2 Å². The lowest BCUT2D eigenvalue weighted by Gasteiger charge is -2.15. The first-order valence-corrected chi connectivity index (χ1v) is 6.28. The molecule has 0 aromatic heterocycles. The van der Waals surface area contributed by atoms with Gasteiger partial charge in [-0.2, -0.15) is 0 Å². The van der Waals surface area contributed by atoms with E-state index in [-0.39, 0.29) is 6.04 Å². The first-order valence-electron chi connectivity index (χ1n) is 6.28. The number of rotatable bonds is 8. The van der Waals surface area contributed by atoms with E-state index < -0.39 is 0 Å². The van der Waals surface area contributed by atoms with Crippen LogP contribution in [0.15, 0.2) is 18.2 Å². The third-order valence-corrected chi connectivity index (χ3v) is 2.76. The van der Waals surface area contributed by atoms with Gasteiger partial charge in [0, 0.05) is 19.3 Å². The molecule has 0 heterocycles. The van der Waals surface area contributed by atoms with Gasteiger partial charge in [-0.15, -0.1) is 0 Å². The monoisotopic (exact) mass is 253 g/mol. The zero-order chi connectivity index (χ0) is 13.4. The van der Waals surface area contributed by atoms with Gasteiger partial charge in [-0.25, -0.2) is 0 Å². The summed E-state index contributed by atoms with van der Waals surface area (Å²) in [4.78, 5) is 0. The zero-order valence-corrected chi connectivity index (χ0v) is 11.4. The van der Waals surface area contributed by atoms with E-state index >= 15 is 0 Å².